The fraction of sp³-hybridized carbons (Fsp3) is 0.500. The summed E-state index contributed by atoms with van der Waals surface area (Å²) in [4.78, 5) is 9.78. The van der Waals surface area contributed by atoms with Crippen molar-refractivity contribution in [3.05, 3.63) is 46.6 Å². The largest absolute Gasteiger partial charge is 0.433 e. The lowest BCUT2D eigenvalue weighted by Gasteiger charge is -2.38. The zero-order chi connectivity index (χ0) is 23.5. The van der Waals surface area contributed by atoms with Crippen molar-refractivity contribution >= 4 is 40.7 Å². The van der Waals surface area contributed by atoms with Crippen LogP contribution in [0.2, 0.25) is 5.02 Å². The predicted molar refractivity (Wildman–Crippen MR) is 126 cm³/mol. The Labute approximate surface area is 200 Å². The normalized spacial score (nSPS) is 18.2. The van der Waals surface area contributed by atoms with Gasteiger partial charge in [-0.3, -0.25) is 0 Å². The summed E-state index contributed by atoms with van der Waals surface area (Å²) in [6, 6.07) is 8.67. The van der Waals surface area contributed by atoms with Crippen LogP contribution in [-0.4, -0.2) is 47.9 Å². The van der Waals surface area contributed by atoms with Gasteiger partial charge in [0.2, 0.25) is 5.95 Å². The highest BCUT2D eigenvalue weighted by atomic mass is 35.5. The van der Waals surface area contributed by atoms with Gasteiger partial charge >= 0.3 is 6.18 Å². The molecule has 0 bridgehead atoms. The summed E-state index contributed by atoms with van der Waals surface area (Å²) >= 11 is 11.4. The van der Waals surface area contributed by atoms with Crippen LogP contribution in [0, 0.1) is 0 Å². The number of nitrogens with one attached hydrogen (secondary N) is 2. The van der Waals surface area contributed by atoms with E-state index in [1.54, 1.807) is 0 Å². The van der Waals surface area contributed by atoms with Gasteiger partial charge in [0.1, 0.15) is 5.82 Å². The number of aromatic nitrogens is 2. The Kier molecular flexibility index (Phi) is 7.25. The third kappa shape index (κ3) is 5.85. The Morgan fingerprint density at radius 2 is 1.79 bits per heavy atom. The summed E-state index contributed by atoms with van der Waals surface area (Å²) in [5.41, 5.74) is -0.117. The number of benzene rings is 1. The van der Waals surface area contributed by atoms with Crippen molar-refractivity contribution in [2.75, 3.05) is 43.1 Å². The first-order chi connectivity index (χ1) is 15.7. The van der Waals surface area contributed by atoms with Gasteiger partial charge in [0.15, 0.2) is 10.8 Å². The van der Waals surface area contributed by atoms with Crippen molar-refractivity contribution in [1.29, 1.82) is 0 Å². The van der Waals surface area contributed by atoms with Gasteiger partial charge in [-0.25, -0.2) is 4.98 Å². The van der Waals surface area contributed by atoms with E-state index in [-0.39, 0.29) is 22.3 Å². The van der Waals surface area contributed by atoms with E-state index in [0.717, 1.165) is 37.3 Å². The zero-order valence-corrected chi connectivity index (χ0v) is 19.5. The van der Waals surface area contributed by atoms with Crippen LogP contribution in [0.15, 0.2) is 30.3 Å². The maximum atomic E-state index is 13.4. The minimum atomic E-state index is -4.58. The molecular formula is C22H25ClF3N5OS. The third-order valence-electron chi connectivity index (χ3n) is 6.15. The Balaban J connectivity index is 1.49. The molecular weight excluding hydrogens is 475 g/mol. The molecule has 0 aliphatic carbocycles. The minimum Gasteiger partial charge on any atom is -0.381 e. The number of rotatable bonds is 5. The van der Waals surface area contributed by atoms with Crippen LogP contribution >= 0.6 is 23.8 Å². The molecule has 0 atom stereocenters. The maximum absolute atomic E-state index is 13.4. The molecule has 1 aromatic carbocycles. The summed E-state index contributed by atoms with van der Waals surface area (Å²) < 4.78 is 45.8. The lowest BCUT2D eigenvalue weighted by atomic mass is 9.74. The molecule has 2 aliphatic heterocycles. The van der Waals surface area contributed by atoms with Crippen LogP contribution in [0.1, 0.15) is 36.9 Å². The minimum absolute atomic E-state index is 0.168. The topological polar surface area (TPSA) is 62.3 Å². The summed E-state index contributed by atoms with van der Waals surface area (Å²) in [6.45, 7) is 3.05. The quantitative estimate of drug-likeness (QED) is 0.574. The van der Waals surface area contributed by atoms with Crippen molar-refractivity contribution in [3.8, 4) is 0 Å². The lowest BCUT2D eigenvalue weighted by Crippen LogP contribution is -2.45. The first-order valence-electron chi connectivity index (χ1n) is 10.9. The van der Waals surface area contributed by atoms with E-state index < -0.39 is 11.9 Å². The summed E-state index contributed by atoms with van der Waals surface area (Å²) in [5, 5.41) is 6.74. The predicted octanol–water partition coefficient (Wildman–Crippen LogP) is 4.78. The third-order valence-corrected chi connectivity index (χ3v) is 6.65. The molecule has 2 fully saturated rings. The number of anilines is 2. The van der Waals surface area contributed by atoms with Crippen LogP contribution in [0.4, 0.5) is 24.9 Å². The van der Waals surface area contributed by atoms with Crippen molar-refractivity contribution in [2.45, 2.75) is 37.3 Å². The van der Waals surface area contributed by atoms with Crippen LogP contribution in [0.25, 0.3) is 0 Å². The van der Waals surface area contributed by atoms with Gasteiger partial charge in [0.25, 0.3) is 0 Å². The molecule has 2 N–H and O–H groups in total. The molecule has 0 amide bonds. The van der Waals surface area contributed by atoms with Crippen LogP contribution in [-0.2, 0) is 16.3 Å². The fourth-order valence-electron chi connectivity index (χ4n) is 4.27. The van der Waals surface area contributed by atoms with Gasteiger partial charge in [-0.15, -0.1) is 0 Å². The average Bonchev–Trinajstić information content (AvgIpc) is 3.33. The lowest BCUT2D eigenvalue weighted by molar-refractivity contribution is -0.141. The van der Waals surface area contributed by atoms with Crippen LogP contribution < -0.4 is 15.5 Å². The molecule has 1 aromatic heterocycles. The van der Waals surface area contributed by atoms with E-state index in [2.05, 4.69) is 20.6 Å². The van der Waals surface area contributed by atoms with Gasteiger partial charge in [-0.2, -0.15) is 18.2 Å². The van der Waals surface area contributed by atoms with E-state index in [0.29, 0.717) is 37.9 Å². The van der Waals surface area contributed by atoms with E-state index in [1.165, 1.54) is 0 Å². The second-order valence-corrected chi connectivity index (χ2v) is 9.18. The second-order valence-electron chi connectivity index (χ2n) is 8.33. The average molecular weight is 500 g/mol. The summed E-state index contributed by atoms with van der Waals surface area (Å²) in [5.74, 6) is 0.0823. The molecule has 0 unspecified atom stereocenters. The zero-order valence-electron chi connectivity index (χ0n) is 17.9. The number of nitrogens with zero attached hydrogens (tertiary/aromatic N) is 3. The molecule has 2 saturated heterocycles. The number of ether oxygens (including phenoxy) is 1. The Hall–Kier alpha value is -2.17. The van der Waals surface area contributed by atoms with Crippen LogP contribution in [0.5, 0.6) is 0 Å². The molecule has 2 aromatic rings. The molecule has 0 radical (unpaired) electrons. The molecule has 178 valence electrons. The summed E-state index contributed by atoms with van der Waals surface area (Å²) in [6.07, 6.45) is -1.17. The van der Waals surface area contributed by atoms with Gasteiger partial charge in [-0.1, -0.05) is 23.7 Å². The first kappa shape index (κ1) is 24.0. The summed E-state index contributed by atoms with van der Waals surface area (Å²) in [7, 11) is 0. The molecule has 11 heteroatoms. The molecule has 6 nitrogen and oxygen atoms in total. The number of hydrogen-bond acceptors (Lipinski definition) is 5. The molecule has 2 aliphatic rings. The monoisotopic (exact) mass is 499 g/mol. The molecule has 33 heavy (non-hydrogen) atoms. The van der Waals surface area contributed by atoms with Crippen LogP contribution in [0.3, 0.4) is 0 Å². The Morgan fingerprint density at radius 3 is 2.42 bits per heavy atom. The first-order valence-corrected chi connectivity index (χ1v) is 11.6. The Morgan fingerprint density at radius 1 is 1.12 bits per heavy atom. The number of thiocarbonyl (C=S) groups is 1. The molecule has 4 rings (SSSR count). The maximum Gasteiger partial charge on any atom is 0.433 e. The van der Waals surface area contributed by atoms with Gasteiger partial charge < -0.3 is 20.3 Å². The number of hydrogen-bond donors (Lipinski definition) is 2. The smallest absolute Gasteiger partial charge is 0.381 e. The van der Waals surface area contributed by atoms with Gasteiger partial charge in [0.05, 0.1) is 0 Å². The fourth-order valence-corrected chi connectivity index (χ4v) is 4.56. The van der Waals surface area contributed by atoms with Gasteiger partial charge in [0, 0.05) is 49.4 Å². The van der Waals surface area contributed by atoms with Crippen molar-refractivity contribution < 1.29 is 17.9 Å². The van der Waals surface area contributed by atoms with Crippen molar-refractivity contribution in [2.24, 2.45) is 0 Å². The highest BCUT2D eigenvalue weighted by molar-refractivity contribution is 7.80. The Bertz CT molecular complexity index is 977. The van der Waals surface area contributed by atoms with E-state index in [4.69, 9.17) is 28.6 Å². The molecule has 0 spiro atoms. The standard InChI is InChI=1S/C22H25ClF3N5OS/c23-16-5-3-15(4-6-16)21(7-11-32-12-8-21)14-27-20(33)30-19-28-17(22(24,25)26)13-18(29-19)31-9-1-2-10-31/h3-6,13H,1-2,7-12,14H2,(H2,27,28,29,30,33). The SMILES string of the molecule is FC(F)(F)c1cc(N2CCCC2)nc(NC(=S)NCC2(c3ccc(Cl)cc3)CCOCC2)n1. The van der Waals surface area contributed by atoms with Crippen molar-refractivity contribution in [1.82, 2.24) is 15.3 Å². The highest BCUT2D eigenvalue weighted by Crippen LogP contribution is 2.35. The van der Waals surface area contributed by atoms with E-state index in [9.17, 15) is 13.2 Å². The van der Waals surface area contributed by atoms with Crippen molar-refractivity contribution in [3.63, 3.8) is 0 Å². The van der Waals surface area contributed by atoms with E-state index >= 15 is 0 Å². The second kappa shape index (κ2) is 9.99. The highest BCUT2D eigenvalue weighted by Gasteiger charge is 2.36. The number of halogens is 4. The van der Waals surface area contributed by atoms with Gasteiger partial charge in [-0.05, 0) is 55.6 Å². The molecule has 3 heterocycles. The van der Waals surface area contributed by atoms with E-state index in [1.807, 2.05) is 29.2 Å². The molecule has 0 saturated carbocycles. The number of alkyl halides is 3.